The Morgan fingerprint density at radius 1 is 1.40 bits per heavy atom. The molecule has 0 saturated carbocycles. The number of benzene rings is 1. The number of hydrogen-bond acceptors (Lipinski definition) is 3. The van der Waals surface area contributed by atoms with Gasteiger partial charge in [0.1, 0.15) is 5.82 Å². The average Bonchev–Trinajstić information content (AvgIpc) is 2.41. The highest BCUT2D eigenvalue weighted by Gasteiger charge is 2.23. The van der Waals surface area contributed by atoms with E-state index in [1.54, 1.807) is 12.1 Å². The molecule has 6 heteroatoms. The molecule has 0 amide bonds. The lowest BCUT2D eigenvalue weighted by Crippen LogP contribution is -2.48. The second-order valence-electron chi connectivity index (χ2n) is 5.06. The van der Waals surface area contributed by atoms with Crippen molar-refractivity contribution in [1.82, 2.24) is 9.80 Å². The van der Waals surface area contributed by atoms with Crippen molar-refractivity contribution in [3.63, 3.8) is 0 Å². The van der Waals surface area contributed by atoms with Gasteiger partial charge < -0.3 is 5.11 Å². The van der Waals surface area contributed by atoms with E-state index in [1.165, 1.54) is 6.07 Å². The highest BCUT2D eigenvalue weighted by molar-refractivity contribution is 6.30. The number of halogens is 2. The van der Waals surface area contributed by atoms with Crippen LogP contribution in [0.5, 0.6) is 0 Å². The Hall–Kier alpha value is -1.17. The standard InChI is InChI=1S/C14H18ClFN2O2/c1-10(11-2-3-13(16)12(15)8-11)18-6-4-17(5-7-18)9-14(19)20/h2-3,8,10H,4-7,9H2,1H3,(H,19,20). The van der Waals surface area contributed by atoms with E-state index in [9.17, 15) is 9.18 Å². The summed E-state index contributed by atoms with van der Waals surface area (Å²) >= 11 is 5.81. The molecule has 2 rings (SSSR count). The number of rotatable bonds is 4. The Bertz CT molecular complexity index is 490. The van der Waals surface area contributed by atoms with E-state index in [1.807, 2.05) is 4.90 Å². The van der Waals surface area contributed by atoms with Crippen molar-refractivity contribution in [1.29, 1.82) is 0 Å². The molecule has 110 valence electrons. The fourth-order valence-electron chi connectivity index (χ4n) is 2.48. The van der Waals surface area contributed by atoms with E-state index in [0.29, 0.717) is 0 Å². The van der Waals surface area contributed by atoms with Crippen LogP contribution in [0.3, 0.4) is 0 Å². The molecule has 1 aromatic carbocycles. The van der Waals surface area contributed by atoms with E-state index >= 15 is 0 Å². The van der Waals surface area contributed by atoms with Gasteiger partial charge >= 0.3 is 5.97 Å². The van der Waals surface area contributed by atoms with Crippen LogP contribution in [0.15, 0.2) is 18.2 Å². The predicted octanol–water partition coefficient (Wildman–Crippen LogP) is 2.24. The third-order valence-electron chi connectivity index (χ3n) is 3.74. The van der Waals surface area contributed by atoms with Gasteiger partial charge in [-0.05, 0) is 24.6 Å². The Balaban J connectivity index is 1.95. The third kappa shape index (κ3) is 3.69. The minimum absolute atomic E-state index is 0.0879. The number of hydrogen-bond donors (Lipinski definition) is 1. The quantitative estimate of drug-likeness (QED) is 0.926. The van der Waals surface area contributed by atoms with Gasteiger partial charge in [-0.15, -0.1) is 0 Å². The topological polar surface area (TPSA) is 43.8 Å². The summed E-state index contributed by atoms with van der Waals surface area (Å²) in [7, 11) is 0. The van der Waals surface area contributed by atoms with Crippen molar-refractivity contribution in [3.8, 4) is 0 Å². The number of aliphatic carboxylic acids is 1. The lowest BCUT2D eigenvalue weighted by molar-refractivity contribution is -0.138. The van der Waals surface area contributed by atoms with Gasteiger partial charge in [-0.3, -0.25) is 14.6 Å². The fraction of sp³-hybridized carbons (Fsp3) is 0.500. The summed E-state index contributed by atoms with van der Waals surface area (Å²) in [5, 5.41) is 8.91. The molecule has 1 unspecified atom stereocenters. The minimum atomic E-state index is -0.795. The monoisotopic (exact) mass is 300 g/mol. The lowest BCUT2D eigenvalue weighted by atomic mass is 10.1. The lowest BCUT2D eigenvalue weighted by Gasteiger charge is -2.37. The molecule has 0 spiro atoms. The number of nitrogens with zero attached hydrogens (tertiary/aromatic N) is 2. The van der Waals surface area contributed by atoms with E-state index in [4.69, 9.17) is 16.7 Å². The van der Waals surface area contributed by atoms with Gasteiger partial charge in [0, 0.05) is 32.2 Å². The summed E-state index contributed by atoms with van der Waals surface area (Å²) in [4.78, 5) is 14.8. The second kappa shape index (κ2) is 6.52. The van der Waals surface area contributed by atoms with Crippen molar-refractivity contribution in [2.45, 2.75) is 13.0 Å². The molecule has 0 aromatic heterocycles. The molecule has 0 aliphatic carbocycles. The van der Waals surface area contributed by atoms with Crippen molar-refractivity contribution in [2.75, 3.05) is 32.7 Å². The maximum absolute atomic E-state index is 13.2. The summed E-state index contributed by atoms with van der Waals surface area (Å²) in [5.74, 6) is -1.20. The number of carboxylic acids is 1. The first kappa shape index (κ1) is 15.2. The molecule has 1 saturated heterocycles. The van der Waals surface area contributed by atoms with E-state index in [2.05, 4.69) is 11.8 Å². The molecule has 0 radical (unpaired) electrons. The van der Waals surface area contributed by atoms with Crippen LogP contribution in [0, 0.1) is 5.82 Å². The van der Waals surface area contributed by atoms with Gasteiger partial charge in [0.25, 0.3) is 0 Å². The zero-order valence-electron chi connectivity index (χ0n) is 11.4. The molecule has 20 heavy (non-hydrogen) atoms. The van der Waals surface area contributed by atoms with Gasteiger partial charge in [-0.1, -0.05) is 17.7 Å². The zero-order valence-corrected chi connectivity index (χ0v) is 12.1. The SMILES string of the molecule is CC(c1ccc(F)c(Cl)c1)N1CCN(CC(=O)O)CC1. The van der Waals surface area contributed by atoms with Crippen molar-refractivity contribution < 1.29 is 14.3 Å². The van der Waals surface area contributed by atoms with Gasteiger partial charge in [0.15, 0.2) is 0 Å². The number of carboxylic acid groups (broad SMARTS) is 1. The summed E-state index contributed by atoms with van der Waals surface area (Å²) in [6, 6.07) is 4.93. The molecule has 4 nitrogen and oxygen atoms in total. The summed E-state index contributed by atoms with van der Waals surface area (Å²) in [6.45, 7) is 5.19. The summed E-state index contributed by atoms with van der Waals surface area (Å²) in [5.41, 5.74) is 0.975. The van der Waals surface area contributed by atoms with Crippen LogP contribution in [0.1, 0.15) is 18.5 Å². The molecular formula is C14H18ClFN2O2. The molecule has 1 aromatic rings. The fourth-order valence-corrected chi connectivity index (χ4v) is 2.67. The first-order valence-electron chi connectivity index (χ1n) is 6.60. The molecule has 1 fully saturated rings. The Labute approximate surface area is 122 Å². The highest BCUT2D eigenvalue weighted by atomic mass is 35.5. The molecule has 1 aliphatic rings. The van der Waals surface area contributed by atoms with Crippen LogP contribution in [-0.2, 0) is 4.79 Å². The minimum Gasteiger partial charge on any atom is -0.480 e. The van der Waals surface area contributed by atoms with Gasteiger partial charge in [0.05, 0.1) is 11.6 Å². The highest BCUT2D eigenvalue weighted by Crippen LogP contribution is 2.25. The molecule has 0 bridgehead atoms. The Kier molecular flexibility index (Phi) is 4.96. The summed E-state index contributed by atoms with van der Waals surface area (Å²) in [6.07, 6.45) is 0. The van der Waals surface area contributed by atoms with Crippen molar-refractivity contribution in [3.05, 3.63) is 34.6 Å². The van der Waals surface area contributed by atoms with E-state index in [-0.39, 0.29) is 17.6 Å². The molecule has 1 N–H and O–H groups in total. The molecular weight excluding hydrogens is 283 g/mol. The zero-order chi connectivity index (χ0) is 14.7. The van der Waals surface area contributed by atoms with Crippen LogP contribution in [-0.4, -0.2) is 53.6 Å². The first-order valence-corrected chi connectivity index (χ1v) is 6.98. The van der Waals surface area contributed by atoms with Crippen LogP contribution in [0.2, 0.25) is 5.02 Å². The second-order valence-corrected chi connectivity index (χ2v) is 5.46. The molecule has 1 aliphatic heterocycles. The maximum atomic E-state index is 13.2. The smallest absolute Gasteiger partial charge is 0.317 e. The van der Waals surface area contributed by atoms with E-state index < -0.39 is 11.8 Å². The normalized spacial score (nSPS) is 18.9. The summed E-state index contributed by atoms with van der Waals surface area (Å²) < 4.78 is 13.2. The predicted molar refractivity (Wildman–Crippen MR) is 75.5 cm³/mol. The van der Waals surface area contributed by atoms with Gasteiger partial charge in [-0.25, -0.2) is 4.39 Å². The van der Waals surface area contributed by atoms with E-state index in [0.717, 1.165) is 31.7 Å². The Morgan fingerprint density at radius 3 is 2.60 bits per heavy atom. The van der Waals surface area contributed by atoms with Crippen LogP contribution in [0.25, 0.3) is 0 Å². The van der Waals surface area contributed by atoms with Crippen LogP contribution in [0.4, 0.5) is 4.39 Å². The van der Waals surface area contributed by atoms with Crippen molar-refractivity contribution in [2.24, 2.45) is 0 Å². The average molecular weight is 301 g/mol. The molecule has 1 atom stereocenters. The first-order chi connectivity index (χ1) is 9.47. The third-order valence-corrected chi connectivity index (χ3v) is 4.03. The van der Waals surface area contributed by atoms with Crippen molar-refractivity contribution >= 4 is 17.6 Å². The molecule has 1 heterocycles. The van der Waals surface area contributed by atoms with Gasteiger partial charge in [-0.2, -0.15) is 0 Å². The number of carbonyl (C=O) groups is 1. The van der Waals surface area contributed by atoms with Gasteiger partial charge in [0.2, 0.25) is 0 Å². The Morgan fingerprint density at radius 2 is 2.05 bits per heavy atom. The largest absolute Gasteiger partial charge is 0.480 e. The maximum Gasteiger partial charge on any atom is 0.317 e. The van der Waals surface area contributed by atoms with Crippen LogP contribution < -0.4 is 0 Å². The van der Waals surface area contributed by atoms with Crippen LogP contribution >= 0.6 is 11.6 Å². The number of piperazine rings is 1.